The standard InChI is InChI=1S/C12H11ClN2/c1-9-2-4-10(5-3-9)15-11-6-7-12(13)14-8-11/h2-8,15H,1H3. The average Bonchev–Trinajstić information content (AvgIpc) is 2.25. The smallest absolute Gasteiger partial charge is 0.129 e. The summed E-state index contributed by atoms with van der Waals surface area (Å²) in [5, 5.41) is 3.74. The molecule has 1 aromatic carbocycles. The van der Waals surface area contributed by atoms with Crippen LogP contribution in [-0.4, -0.2) is 4.98 Å². The Morgan fingerprint density at radius 3 is 2.27 bits per heavy atom. The summed E-state index contributed by atoms with van der Waals surface area (Å²) in [4.78, 5) is 4.00. The van der Waals surface area contributed by atoms with Crippen molar-refractivity contribution in [2.75, 3.05) is 5.32 Å². The number of aryl methyl sites for hydroxylation is 1. The van der Waals surface area contributed by atoms with Gasteiger partial charge in [0.05, 0.1) is 11.9 Å². The van der Waals surface area contributed by atoms with E-state index in [0.717, 1.165) is 11.4 Å². The van der Waals surface area contributed by atoms with E-state index in [4.69, 9.17) is 11.6 Å². The molecular weight excluding hydrogens is 208 g/mol. The number of nitrogens with zero attached hydrogens (tertiary/aromatic N) is 1. The molecule has 0 aliphatic heterocycles. The van der Waals surface area contributed by atoms with E-state index in [1.54, 1.807) is 12.3 Å². The van der Waals surface area contributed by atoms with E-state index in [9.17, 15) is 0 Å². The molecule has 2 rings (SSSR count). The number of hydrogen-bond donors (Lipinski definition) is 1. The molecule has 0 unspecified atom stereocenters. The average molecular weight is 219 g/mol. The Balaban J connectivity index is 2.15. The fourth-order valence-corrected chi connectivity index (χ4v) is 1.37. The van der Waals surface area contributed by atoms with Crippen molar-refractivity contribution in [2.24, 2.45) is 0 Å². The van der Waals surface area contributed by atoms with Gasteiger partial charge in [-0.2, -0.15) is 0 Å². The molecule has 2 nitrogen and oxygen atoms in total. The molecule has 0 spiro atoms. The number of halogens is 1. The number of hydrogen-bond acceptors (Lipinski definition) is 2. The van der Waals surface area contributed by atoms with Crippen LogP contribution in [0.4, 0.5) is 11.4 Å². The number of rotatable bonds is 2. The van der Waals surface area contributed by atoms with E-state index in [1.807, 2.05) is 18.2 Å². The minimum absolute atomic E-state index is 0.504. The Bertz CT molecular complexity index is 391. The molecule has 0 saturated carbocycles. The van der Waals surface area contributed by atoms with Crippen LogP contribution in [0.3, 0.4) is 0 Å². The molecule has 3 heteroatoms. The van der Waals surface area contributed by atoms with E-state index in [-0.39, 0.29) is 0 Å². The largest absolute Gasteiger partial charge is 0.354 e. The van der Waals surface area contributed by atoms with Gasteiger partial charge < -0.3 is 5.32 Å². The highest BCUT2D eigenvalue weighted by Gasteiger charge is 1.94. The molecule has 0 aliphatic carbocycles. The zero-order valence-electron chi connectivity index (χ0n) is 8.37. The summed E-state index contributed by atoms with van der Waals surface area (Å²) < 4.78 is 0. The van der Waals surface area contributed by atoms with Crippen molar-refractivity contribution in [2.45, 2.75) is 6.92 Å². The Morgan fingerprint density at radius 1 is 1.00 bits per heavy atom. The van der Waals surface area contributed by atoms with Gasteiger partial charge in [0.2, 0.25) is 0 Å². The summed E-state index contributed by atoms with van der Waals surface area (Å²) >= 11 is 5.70. The van der Waals surface area contributed by atoms with E-state index in [1.165, 1.54) is 5.56 Å². The Morgan fingerprint density at radius 2 is 1.67 bits per heavy atom. The molecule has 76 valence electrons. The predicted octanol–water partition coefficient (Wildman–Crippen LogP) is 3.79. The highest BCUT2D eigenvalue weighted by molar-refractivity contribution is 6.29. The minimum Gasteiger partial charge on any atom is -0.354 e. The summed E-state index contributed by atoms with van der Waals surface area (Å²) in [5.74, 6) is 0. The summed E-state index contributed by atoms with van der Waals surface area (Å²) in [6.07, 6.45) is 1.71. The zero-order chi connectivity index (χ0) is 10.7. The molecule has 0 amide bonds. The number of aromatic nitrogens is 1. The maximum atomic E-state index is 5.70. The van der Waals surface area contributed by atoms with Crippen molar-refractivity contribution in [1.82, 2.24) is 4.98 Å². The van der Waals surface area contributed by atoms with Crippen LogP contribution in [0.25, 0.3) is 0 Å². The van der Waals surface area contributed by atoms with Gasteiger partial charge in [-0.1, -0.05) is 29.3 Å². The zero-order valence-corrected chi connectivity index (χ0v) is 9.12. The fourth-order valence-electron chi connectivity index (χ4n) is 1.25. The molecule has 0 fully saturated rings. The van der Waals surface area contributed by atoms with Crippen LogP contribution in [0, 0.1) is 6.92 Å². The molecular formula is C12H11ClN2. The van der Waals surface area contributed by atoms with Crippen LogP contribution < -0.4 is 5.32 Å². The van der Waals surface area contributed by atoms with Crippen molar-refractivity contribution in [3.05, 3.63) is 53.3 Å². The first-order valence-corrected chi connectivity index (χ1v) is 5.07. The second-order valence-corrected chi connectivity index (χ2v) is 3.75. The highest BCUT2D eigenvalue weighted by Crippen LogP contribution is 2.17. The second-order valence-electron chi connectivity index (χ2n) is 3.36. The molecule has 1 heterocycles. The number of pyridine rings is 1. The monoisotopic (exact) mass is 218 g/mol. The summed E-state index contributed by atoms with van der Waals surface area (Å²) in [6.45, 7) is 2.06. The second kappa shape index (κ2) is 4.32. The van der Waals surface area contributed by atoms with Crippen LogP contribution in [0.2, 0.25) is 5.15 Å². The maximum absolute atomic E-state index is 5.70. The van der Waals surface area contributed by atoms with E-state index < -0.39 is 0 Å². The predicted molar refractivity (Wildman–Crippen MR) is 63.7 cm³/mol. The maximum Gasteiger partial charge on any atom is 0.129 e. The number of benzene rings is 1. The summed E-state index contributed by atoms with van der Waals surface area (Å²) in [7, 11) is 0. The number of anilines is 2. The van der Waals surface area contributed by atoms with Gasteiger partial charge in [0.25, 0.3) is 0 Å². The highest BCUT2D eigenvalue weighted by atomic mass is 35.5. The quantitative estimate of drug-likeness (QED) is 0.776. The SMILES string of the molecule is Cc1ccc(Nc2ccc(Cl)nc2)cc1. The van der Waals surface area contributed by atoms with Gasteiger partial charge in [0, 0.05) is 5.69 Å². The van der Waals surface area contributed by atoms with Crippen molar-refractivity contribution in [3.63, 3.8) is 0 Å². The van der Waals surface area contributed by atoms with Crippen LogP contribution >= 0.6 is 11.6 Å². The third kappa shape index (κ3) is 2.70. The molecule has 0 aliphatic rings. The van der Waals surface area contributed by atoms with Gasteiger partial charge >= 0.3 is 0 Å². The fraction of sp³-hybridized carbons (Fsp3) is 0.0833. The summed E-state index contributed by atoms with van der Waals surface area (Å²) in [6, 6.07) is 11.8. The first-order valence-electron chi connectivity index (χ1n) is 4.69. The molecule has 15 heavy (non-hydrogen) atoms. The van der Waals surface area contributed by atoms with Crippen LogP contribution in [0.1, 0.15) is 5.56 Å². The van der Waals surface area contributed by atoms with Crippen LogP contribution in [0.15, 0.2) is 42.6 Å². The van der Waals surface area contributed by atoms with E-state index in [2.05, 4.69) is 29.4 Å². The third-order valence-corrected chi connectivity index (χ3v) is 2.29. The topological polar surface area (TPSA) is 24.9 Å². The lowest BCUT2D eigenvalue weighted by atomic mass is 10.2. The van der Waals surface area contributed by atoms with Crippen molar-refractivity contribution < 1.29 is 0 Å². The van der Waals surface area contributed by atoms with E-state index >= 15 is 0 Å². The first kappa shape index (κ1) is 9.99. The van der Waals surface area contributed by atoms with Crippen LogP contribution in [-0.2, 0) is 0 Å². The van der Waals surface area contributed by atoms with Gasteiger partial charge in [-0.3, -0.25) is 0 Å². The van der Waals surface area contributed by atoms with E-state index in [0.29, 0.717) is 5.15 Å². The third-order valence-electron chi connectivity index (χ3n) is 2.07. The lowest BCUT2D eigenvalue weighted by Gasteiger charge is -2.05. The van der Waals surface area contributed by atoms with Gasteiger partial charge in [0.15, 0.2) is 0 Å². The molecule has 0 radical (unpaired) electrons. The molecule has 0 atom stereocenters. The Labute approximate surface area is 93.9 Å². The van der Waals surface area contributed by atoms with Gasteiger partial charge in [0.1, 0.15) is 5.15 Å². The lowest BCUT2D eigenvalue weighted by Crippen LogP contribution is -1.90. The molecule has 2 aromatic rings. The van der Waals surface area contributed by atoms with Crippen LogP contribution in [0.5, 0.6) is 0 Å². The van der Waals surface area contributed by atoms with Crippen molar-refractivity contribution in [1.29, 1.82) is 0 Å². The van der Waals surface area contributed by atoms with Gasteiger partial charge in [-0.15, -0.1) is 0 Å². The number of nitrogens with one attached hydrogen (secondary N) is 1. The van der Waals surface area contributed by atoms with Crippen molar-refractivity contribution in [3.8, 4) is 0 Å². The summed E-state index contributed by atoms with van der Waals surface area (Å²) in [5.41, 5.74) is 3.22. The first-order chi connectivity index (χ1) is 7.24. The molecule has 1 N–H and O–H groups in total. The molecule has 0 saturated heterocycles. The normalized spacial score (nSPS) is 10.0. The molecule has 0 bridgehead atoms. The Kier molecular flexibility index (Phi) is 2.88. The minimum atomic E-state index is 0.504. The molecule has 1 aromatic heterocycles. The Hall–Kier alpha value is -1.54. The van der Waals surface area contributed by atoms with Gasteiger partial charge in [-0.05, 0) is 31.2 Å². The van der Waals surface area contributed by atoms with Gasteiger partial charge in [-0.25, -0.2) is 4.98 Å². The van der Waals surface area contributed by atoms with Crippen molar-refractivity contribution >= 4 is 23.0 Å². The lowest BCUT2D eigenvalue weighted by molar-refractivity contribution is 1.32.